The van der Waals surface area contributed by atoms with E-state index in [-0.39, 0.29) is 11.1 Å². The molecule has 1 aliphatic rings. The number of allylic oxidation sites excluding steroid dienone is 1. The van der Waals surface area contributed by atoms with Crippen molar-refractivity contribution >= 4 is 10.9 Å². The number of alkyl halides is 2. The van der Waals surface area contributed by atoms with Crippen molar-refractivity contribution in [3.05, 3.63) is 101 Å². The molecule has 7 heteroatoms. The van der Waals surface area contributed by atoms with Crippen LogP contribution in [0.15, 0.2) is 78.4 Å². The Morgan fingerprint density at radius 2 is 1.91 bits per heavy atom. The molecule has 4 aromatic rings. The van der Waals surface area contributed by atoms with Crippen molar-refractivity contribution in [2.75, 3.05) is 20.1 Å². The fourth-order valence-electron chi connectivity index (χ4n) is 4.45. The lowest BCUT2D eigenvalue weighted by molar-refractivity contribution is 0.0522. The lowest BCUT2D eigenvalue weighted by atomic mass is 9.92. The fraction of sp³-hybridized carbons (Fsp3) is 0.192. The maximum atomic E-state index is 14.6. The van der Waals surface area contributed by atoms with Gasteiger partial charge in [-0.25, -0.2) is 4.39 Å². The first kappa shape index (κ1) is 21.3. The van der Waals surface area contributed by atoms with Gasteiger partial charge in [0, 0.05) is 59.5 Å². The minimum absolute atomic E-state index is 0.0813. The van der Waals surface area contributed by atoms with Gasteiger partial charge < -0.3 is 9.88 Å². The topological polar surface area (TPSA) is 41.0 Å². The van der Waals surface area contributed by atoms with Crippen molar-refractivity contribution in [1.29, 1.82) is 0 Å². The first-order valence-electron chi connectivity index (χ1n) is 10.6. The lowest BCUT2D eigenvalue weighted by Crippen LogP contribution is -2.41. The molecular formula is C26H22F3N3O. The van der Waals surface area contributed by atoms with Crippen LogP contribution in [-0.2, 0) is 5.92 Å². The van der Waals surface area contributed by atoms with E-state index >= 15 is 0 Å². The summed E-state index contributed by atoms with van der Waals surface area (Å²) in [4.78, 5) is 18.4. The van der Waals surface area contributed by atoms with Gasteiger partial charge >= 0.3 is 0 Å². The van der Waals surface area contributed by atoms with E-state index in [1.54, 1.807) is 12.3 Å². The maximum absolute atomic E-state index is 14.6. The van der Waals surface area contributed by atoms with Crippen molar-refractivity contribution < 1.29 is 13.2 Å². The third-order valence-electron chi connectivity index (χ3n) is 6.32. The van der Waals surface area contributed by atoms with Gasteiger partial charge in [-0.15, -0.1) is 0 Å². The monoisotopic (exact) mass is 449 g/mol. The van der Waals surface area contributed by atoms with Gasteiger partial charge in [0.15, 0.2) is 0 Å². The smallest absolute Gasteiger partial charge is 0.291 e. The van der Waals surface area contributed by atoms with Gasteiger partial charge in [0.25, 0.3) is 11.5 Å². The Hall–Kier alpha value is -3.58. The molecule has 4 nitrogen and oxygen atoms in total. The van der Waals surface area contributed by atoms with E-state index in [4.69, 9.17) is 0 Å². The minimum Gasteiger partial charge on any atom is -0.361 e. The normalized spacial score (nSPS) is 15.0. The van der Waals surface area contributed by atoms with Crippen LogP contribution < -0.4 is 5.56 Å². The zero-order valence-corrected chi connectivity index (χ0v) is 18.0. The summed E-state index contributed by atoms with van der Waals surface area (Å²) in [5, 5.41) is 1.14. The van der Waals surface area contributed by atoms with E-state index < -0.39 is 17.3 Å². The van der Waals surface area contributed by atoms with Gasteiger partial charge in [-0.2, -0.15) is 8.78 Å². The summed E-state index contributed by atoms with van der Waals surface area (Å²) >= 11 is 0. The Balaban J connectivity index is 1.46. The molecule has 2 aromatic carbocycles. The molecular weight excluding hydrogens is 427 g/mol. The Morgan fingerprint density at radius 1 is 1.12 bits per heavy atom. The van der Waals surface area contributed by atoms with Crippen LogP contribution in [0.25, 0.3) is 27.7 Å². The summed E-state index contributed by atoms with van der Waals surface area (Å²) in [5.41, 5.74) is 2.46. The molecule has 0 saturated carbocycles. The van der Waals surface area contributed by atoms with Gasteiger partial charge in [-0.05, 0) is 48.5 Å². The van der Waals surface area contributed by atoms with E-state index in [0.29, 0.717) is 23.2 Å². The molecule has 1 aliphatic heterocycles. The van der Waals surface area contributed by atoms with E-state index in [2.05, 4.69) is 23.5 Å². The van der Waals surface area contributed by atoms with Crippen LogP contribution in [-0.4, -0.2) is 34.6 Å². The maximum Gasteiger partial charge on any atom is 0.291 e. The number of rotatable bonds is 5. The number of fused-ring (bicyclic) bond motifs is 1. The van der Waals surface area contributed by atoms with Crippen molar-refractivity contribution in [1.82, 2.24) is 14.5 Å². The molecule has 3 heterocycles. The molecule has 168 valence electrons. The molecule has 0 aliphatic carbocycles. The lowest BCUT2D eigenvalue weighted by Gasteiger charge is -2.36. The summed E-state index contributed by atoms with van der Waals surface area (Å²) in [5.74, 6) is -3.65. The number of aromatic nitrogens is 2. The third-order valence-corrected chi connectivity index (χ3v) is 6.32. The van der Waals surface area contributed by atoms with E-state index in [1.165, 1.54) is 22.3 Å². The Morgan fingerprint density at radius 3 is 2.58 bits per heavy atom. The molecule has 2 aromatic heterocycles. The summed E-state index contributed by atoms with van der Waals surface area (Å²) in [6.07, 6.45) is 4.06. The van der Waals surface area contributed by atoms with Gasteiger partial charge in [0.2, 0.25) is 0 Å². The molecule has 0 unspecified atom stereocenters. The molecule has 1 N–H and O–H groups in total. The highest BCUT2D eigenvalue weighted by molar-refractivity contribution is 5.85. The van der Waals surface area contributed by atoms with Gasteiger partial charge in [0.05, 0.1) is 5.69 Å². The summed E-state index contributed by atoms with van der Waals surface area (Å²) in [7, 11) is 2.09. The summed E-state index contributed by atoms with van der Waals surface area (Å²) < 4.78 is 43.6. The van der Waals surface area contributed by atoms with Crippen LogP contribution >= 0.6 is 0 Å². The van der Waals surface area contributed by atoms with Crippen molar-refractivity contribution in [2.45, 2.75) is 11.8 Å². The number of likely N-dealkylation sites (tertiary alicyclic amines) is 1. The molecule has 0 atom stereocenters. The van der Waals surface area contributed by atoms with Crippen LogP contribution in [0.2, 0.25) is 0 Å². The third kappa shape index (κ3) is 3.68. The number of hydrogen-bond donors (Lipinski definition) is 1. The Labute approximate surface area is 188 Å². The van der Waals surface area contributed by atoms with Gasteiger partial charge in [-0.3, -0.25) is 9.36 Å². The average Bonchev–Trinajstić information content (AvgIpc) is 3.19. The van der Waals surface area contributed by atoms with E-state index in [1.807, 2.05) is 24.4 Å². The number of halogens is 3. The molecule has 0 spiro atoms. The SMILES string of the molecule is C=CC(F)(F)c1ccc(-c2ccn(-c3ccc4c(C5CN(C)C5)c[nH]c4c3)c(=O)c2)c(F)c1. The van der Waals surface area contributed by atoms with E-state index in [9.17, 15) is 18.0 Å². The first-order valence-corrected chi connectivity index (χ1v) is 10.6. The van der Waals surface area contributed by atoms with Crippen LogP contribution in [0.1, 0.15) is 17.0 Å². The minimum atomic E-state index is -3.33. The highest BCUT2D eigenvalue weighted by Crippen LogP contribution is 2.33. The number of nitrogens with zero attached hydrogens (tertiary/aromatic N) is 2. The molecule has 1 saturated heterocycles. The second-order valence-electron chi connectivity index (χ2n) is 8.54. The fourth-order valence-corrected chi connectivity index (χ4v) is 4.45. The van der Waals surface area contributed by atoms with Crippen molar-refractivity contribution in [3.8, 4) is 16.8 Å². The number of H-pyrrole nitrogens is 1. The van der Waals surface area contributed by atoms with Crippen LogP contribution in [0.3, 0.4) is 0 Å². The molecule has 0 amide bonds. The molecule has 33 heavy (non-hydrogen) atoms. The largest absolute Gasteiger partial charge is 0.361 e. The van der Waals surface area contributed by atoms with Crippen molar-refractivity contribution in [2.24, 2.45) is 0 Å². The van der Waals surface area contributed by atoms with Crippen LogP contribution in [0.4, 0.5) is 13.2 Å². The zero-order chi connectivity index (χ0) is 23.3. The highest BCUT2D eigenvalue weighted by atomic mass is 19.3. The zero-order valence-electron chi connectivity index (χ0n) is 18.0. The predicted octanol–water partition coefficient (Wildman–Crippen LogP) is 5.43. The van der Waals surface area contributed by atoms with Crippen LogP contribution in [0.5, 0.6) is 0 Å². The second-order valence-corrected chi connectivity index (χ2v) is 8.54. The van der Waals surface area contributed by atoms with E-state index in [0.717, 1.165) is 36.1 Å². The van der Waals surface area contributed by atoms with Crippen LogP contribution in [0, 0.1) is 5.82 Å². The number of nitrogens with one attached hydrogen (secondary N) is 1. The molecule has 0 radical (unpaired) electrons. The highest BCUT2D eigenvalue weighted by Gasteiger charge is 2.28. The molecule has 5 rings (SSSR count). The van der Waals surface area contributed by atoms with Gasteiger partial charge in [-0.1, -0.05) is 24.8 Å². The Kier molecular flexibility index (Phi) is 5.01. The number of benzene rings is 2. The standard InChI is InChI=1S/C26H22F3N3O/c1-3-26(28,29)18-4-6-20(23(27)11-18)16-8-9-32(25(33)10-16)19-5-7-21-22(13-30-24(21)12-19)17-14-31(2)15-17/h3-13,17,30H,1,14-15H2,2H3. The summed E-state index contributed by atoms with van der Waals surface area (Å²) in [6, 6.07) is 11.9. The second kappa shape index (κ2) is 7.78. The number of aromatic amines is 1. The number of hydrogen-bond acceptors (Lipinski definition) is 2. The Bertz CT molecular complexity index is 1430. The van der Waals surface area contributed by atoms with Crippen molar-refractivity contribution in [3.63, 3.8) is 0 Å². The summed E-state index contributed by atoms with van der Waals surface area (Å²) in [6.45, 7) is 5.14. The molecule has 0 bridgehead atoms. The predicted molar refractivity (Wildman–Crippen MR) is 124 cm³/mol. The quantitative estimate of drug-likeness (QED) is 0.413. The van der Waals surface area contributed by atoms with Gasteiger partial charge in [0.1, 0.15) is 5.82 Å². The number of pyridine rings is 1. The number of likely N-dealkylation sites (N-methyl/N-ethyl adjacent to an activating group) is 1. The average molecular weight is 449 g/mol. The first-order chi connectivity index (χ1) is 15.8. The molecule has 1 fully saturated rings.